The molecule has 0 radical (unpaired) electrons. The fraction of sp³-hybridized carbons (Fsp3) is 0.400. The SMILES string of the molecule is Cn1cc(NC(=O)C2CC2N)ccc1=O. The van der Waals surface area contributed by atoms with Gasteiger partial charge >= 0.3 is 0 Å². The van der Waals surface area contributed by atoms with Crippen molar-refractivity contribution < 1.29 is 4.79 Å². The molecule has 1 saturated carbocycles. The van der Waals surface area contributed by atoms with Crippen LogP contribution in [0.4, 0.5) is 5.69 Å². The molecule has 0 aliphatic heterocycles. The third kappa shape index (κ3) is 2.07. The van der Waals surface area contributed by atoms with Gasteiger partial charge in [0.25, 0.3) is 0 Å². The molecule has 1 heterocycles. The highest BCUT2D eigenvalue weighted by atomic mass is 16.2. The summed E-state index contributed by atoms with van der Waals surface area (Å²) in [5, 5.41) is 2.72. The number of nitrogens with one attached hydrogen (secondary N) is 1. The van der Waals surface area contributed by atoms with Crippen molar-refractivity contribution in [1.29, 1.82) is 0 Å². The smallest absolute Gasteiger partial charge is 0.250 e. The van der Waals surface area contributed by atoms with E-state index in [1.165, 1.54) is 10.6 Å². The van der Waals surface area contributed by atoms with Gasteiger partial charge in [-0.15, -0.1) is 0 Å². The molecule has 1 aromatic rings. The maximum atomic E-state index is 11.5. The lowest BCUT2D eigenvalue weighted by molar-refractivity contribution is -0.117. The highest BCUT2D eigenvalue weighted by molar-refractivity contribution is 5.94. The Bertz CT molecular complexity index is 452. The Hall–Kier alpha value is -1.62. The molecule has 2 unspecified atom stereocenters. The molecule has 1 amide bonds. The van der Waals surface area contributed by atoms with Gasteiger partial charge in [-0.1, -0.05) is 0 Å². The molecule has 15 heavy (non-hydrogen) atoms. The van der Waals surface area contributed by atoms with E-state index in [0.717, 1.165) is 6.42 Å². The van der Waals surface area contributed by atoms with E-state index in [0.29, 0.717) is 5.69 Å². The monoisotopic (exact) mass is 207 g/mol. The van der Waals surface area contributed by atoms with Crippen LogP contribution in [0.3, 0.4) is 0 Å². The highest BCUT2D eigenvalue weighted by Gasteiger charge is 2.39. The number of amides is 1. The van der Waals surface area contributed by atoms with Gasteiger partial charge in [0.1, 0.15) is 0 Å². The first kappa shape index (κ1) is 9.92. The number of aryl methyl sites for hydroxylation is 1. The number of hydrogen-bond donors (Lipinski definition) is 2. The molecular weight excluding hydrogens is 194 g/mol. The quantitative estimate of drug-likeness (QED) is 0.697. The Morgan fingerprint density at radius 2 is 2.27 bits per heavy atom. The van der Waals surface area contributed by atoms with E-state index >= 15 is 0 Å². The molecule has 1 aromatic heterocycles. The summed E-state index contributed by atoms with van der Waals surface area (Å²) in [7, 11) is 1.64. The number of nitrogens with two attached hydrogens (primary N) is 1. The van der Waals surface area contributed by atoms with Gasteiger partial charge in [0.05, 0.1) is 11.6 Å². The standard InChI is InChI=1S/C10H13N3O2/c1-13-5-6(2-3-9(13)14)12-10(15)7-4-8(7)11/h2-3,5,7-8H,4,11H2,1H3,(H,12,15). The number of hydrogen-bond acceptors (Lipinski definition) is 3. The summed E-state index contributed by atoms with van der Waals surface area (Å²) < 4.78 is 1.42. The Morgan fingerprint density at radius 1 is 1.60 bits per heavy atom. The van der Waals surface area contributed by atoms with Crippen molar-refractivity contribution in [3.8, 4) is 0 Å². The molecular formula is C10H13N3O2. The molecule has 1 aliphatic rings. The van der Waals surface area contributed by atoms with Crippen molar-refractivity contribution in [1.82, 2.24) is 4.57 Å². The van der Waals surface area contributed by atoms with E-state index in [1.54, 1.807) is 19.3 Å². The van der Waals surface area contributed by atoms with Gasteiger partial charge in [-0.3, -0.25) is 9.59 Å². The summed E-state index contributed by atoms with van der Waals surface area (Å²) in [6.07, 6.45) is 2.34. The summed E-state index contributed by atoms with van der Waals surface area (Å²) in [5.74, 6) is -0.136. The predicted octanol–water partition coefficient (Wildman–Crippen LogP) is -0.329. The van der Waals surface area contributed by atoms with Gasteiger partial charge < -0.3 is 15.6 Å². The summed E-state index contributed by atoms with van der Waals surface area (Å²) in [5.41, 5.74) is 6.08. The van der Waals surface area contributed by atoms with Crippen LogP contribution in [-0.2, 0) is 11.8 Å². The first-order valence-electron chi connectivity index (χ1n) is 4.81. The fourth-order valence-corrected chi connectivity index (χ4v) is 1.42. The topological polar surface area (TPSA) is 77.1 Å². The minimum atomic E-state index is -0.101. The first-order chi connectivity index (χ1) is 7.08. The van der Waals surface area contributed by atoms with Gasteiger partial charge in [-0.25, -0.2) is 0 Å². The number of carbonyl (C=O) groups excluding carboxylic acids is 1. The molecule has 0 aromatic carbocycles. The molecule has 0 spiro atoms. The first-order valence-corrected chi connectivity index (χ1v) is 4.81. The highest BCUT2D eigenvalue weighted by Crippen LogP contribution is 2.28. The molecule has 5 heteroatoms. The minimum absolute atomic E-state index is 0.00229. The molecule has 5 nitrogen and oxygen atoms in total. The minimum Gasteiger partial charge on any atom is -0.327 e. The predicted molar refractivity (Wildman–Crippen MR) is 56.4 cm³/mol. The summed E-state index contributed by atoms with van der Waals surface area (Å²) >= 11 is 0. The lowest BCUT2D eigenvalue weighted by Crippen LogP contribution is -2.21. The van der Waals surface area contributed by atoms with E-state index in [4.69, 9.17) is 5.73 Å². The number of rotatable bonds is 2. The third-order valence-electron chi connectivity index (χ3n) is 2.53. The van der Waals surface area contributed by atoms with Crippen molar-refractivity contribution in [2.45, 2.75) is 12.5 Å². The van der Waals surface area contributed by atoms with Crippen molar-refractivity contribution >= 4 is 11.6 Å². The average Bonchev–Trinajstić information content (AvgIpc) is 2.89. The van der Waals surface area contributed by atoms with Gasteiger partial charge in [-0.2, -0.15) is 0 Å². The third-order valence-corrected chi connectivity index (χ3v) is 2.53. The number of aromatic nitrogens is 1. The van der Waals surface area contributed by atoms with Gasteiger partial charge in [0.2, 0.25) is 11.5 Å². The number of pyridine rings is 1. The molecule has 1 aliphatic carbocycles. The van der Waals surface area contributed by atoms with Crippen LogP contribution >= 0.6 is 0 Å². The number of carbonyl (C=O) groups is 1. The van der Waals surface area contributed by atoms with Crippen LogP contribution in [0.1, 0.15) is 6.42 Å². The zero-order valence-electron chi connectivity index (χ0n) is 8.43. The Morgan fingerprint density at radius 3 is 2.80 bits per heavy atom. The van der Waals surface area contributed by atoms with Crippen LogP contribution in [0.25, 0.3) is 0 Å². The normalized spacial score (nSPS) is 23.6. The van der Waals surface area contributed by atoms with Crippen molar-refractivity contribution in [3.63, 3.8) is 0 Å². The molecule has 2 atom stereocenters. The van der Waals surface area contributed by atoms with E-state index in [9.17, 15) is 9.59 Å². The second-order valence-electron chi connectivity index (χ2n) is 3.86. The van der Waals surface area contributed by atoms with Crippen LogP contribution in [0, 0.1) is 5.92 Å². The van der Waals surface area contributed by atoms with Gasteiger partial charge in [0, 0.05) is 25.4 Å². The Labute approximate surface area is 86.9 Å². The van der Waals surface area contributed by atoms with Crippen molar-refractivity contribution in [2.75, 3.05) is 5.32 Å². The Kier molecular flexibility index (Phi) is 2.32. The van der Waals surface area contributed by atoms with E-state index < -0.39 is 0 Å². The molecule has 2 rings (SSSR count). The molecule has 0 saturated heterocycles. The van der Waals surface area contributed by atoms with E-state index in [1.807, 2.05) is 0 Å². The Balaban J connectivity index is 2.08. The van der Waals surface area contributed by atoms with E-state index in [2.05, 4.69) is 5.32 Å². The number of nitrogens with zero attached hydrogens (tertiary/aromatic N) is 1. The summed E-state index contributed by atoms with van der Waals surface area (Å²) in [6.45, 7) is 0. The second kappa shape index (κ2) is 3.51. The summed E-state index contributed by atoms with van der Waals surface area (Å²) in [6, 6.07) is 3.01. The zero-order valence-corrected chi connectivity index (χ0v) is 8.43. The van der Waals surface area contributed by atoms with E-state index in [-0.39, 0.29) is 23.4 Å². The zero-order chi connectivity index (χ0) is 11.0. The lowest BCUT2D eigenvalue weighted by atomic mass is 10.3. The van der Waals surface area contributed by atoms with Crippen LogP contribution in [0.2, 0.25) is 0 Å². The van der Waals surface area contributed by atoms with Crippen molar-refractivity contribution in [3.05, 3.63) is 28.7 Å². The average molecular weight is 207 g/mol. The largest absolute Gasteiger partial charge is 0.327 e. The second-order valence-corrected chi connectivity index (χ2v) is 3.86. The van der Waals surface area contributed by atoms with Gasteiger partial charge in [-0.05, 0) is 12.5 Å². The van der Waals surface area contributed by atoms with Crippen LogP contribution in [0.5, 0.6) is 0 Å². The fourth-order valence-electron chi connectivity index (χ4n) is 1.42. The molecule has 80 valence electrons. The van der Waals surface area contributed by atoms with Crippen LogP contribution < -0.4 is 16.6 Å². The van der Waals surface area contributed by atoms with Crippen molar-refractivity contribution in [2.24, 2.45) is 18.7 Å². The maximum absolute atomic E-state index is 11.5. The molecule has 1 fully saturated rings. The van der Waals surface area contributed by atoms with Crippen LogP contribution in [-0.4, -0.2) is 16.5 Å². The molecule has 3 N–H and O–H groups in total. The van der Waals surface area contributed by atoms with Gasteiger partial charge in [0.15, 0.2) is 0 Å². The van der Waals surface area contributed by atoms with Crippen LogP contribution in [0.15, 0.2) is 23.1 Å². The maximum Gasteiger partial charge on any atom is 0.250 e. The molecule has 0 bridgehead atoms. The summed E-state index contributed by atoms with van der Waals surface area (Å²) in [4.78, 5) is 22.6. The number of anilines is 1. The lowest BCUT2D eigenvalue weighted by Gasteiger charge is -2.05.